The quantitative estimate of drug-likeness (QED) is 0.304. The number of rotatable bonds is 4. The van der Waals surface area contributed by atoms with Crippen molar-refractivity contribution < 1.29 is 4.42 Å². The van der Waals surface area contributed by atoms with Gasteiger partial charge < -0.3 is 9.32 Å². The molecule has 0 atom stereocenters. The van der Waals surface area contributed by atoms with Gasteiger partial charge in [-0.2, -0.15) is 0 Å². The first-order valence-corrected chi connectivity index (χ1v) is 10.1. The molecule has 0 aliphatic rings. The summed E-state index contributed by atoms with van der Waals surface area (Å²) >= 11 is 0. The van der Waals surface area contributed by atoms with E-state index in [1.54, 1.807) is 0 Å². The average Bonchev–Trinajstić information content (AvgIpc) is 3.44. The summed E-state index contributed by atoms with van der Waals surface area (Å²) in [5.74, 6) is 0. The molecule has 30 heavy (non-hydrogen) atoms. The van der Waals surface area contributed by atoms with Crippen LogP contribution < -0.4 is 4.90 Å². The van der Waals surface area contributed by atoms with Gasteiger partial charge in [-0.05, 0) is 71.8 Å². The van der Waals surface area contributed by atoms with Crippen LogP contribution in [0.5, 0.6) is 0 Å². The molecule has 142 valence electrons. The van der Waals surface area contributed by atoms with Crippen LogP contribution in [-0.2, 0) is 0 Å². The summed E-state index contributed by atoms with van der Waals surface area (Å²) in [5, 5.41) is 2.37. The zero-order valence-electron chi connectivity index (χ0n) is 16.3. The molecule has 6 rings (SSSR count). The van der Waals surface area contributed by atoms with Crippen molar-refractivity contribution in [1.82, 2.24) is 0 Å². The van der Waals surface area contributed by atoms with Crippen LogP contribution in [0, 0.1) is 0 Å². The lowest BCUT2D eigenvalue weighted by molar-refractivity contribution is 0.679. The minimum absolute atomic E-state index is 0.956. The molecular formula is C28H19NO. The fourth-order valence-corrected chi connectivity index (χ4v) is 4.17. The normalized spacial score (nSPS) is 11.3. The number of furan rings is 2. The predicted octanol–water partition coefficient (Wildman–Crippen LogP) is 8.16. The molecule has 2 heteroatoms. The summed E-state index contributed by atoms with van der Waals surface area (Å²) in [6, 6.07) is 40.3. The molecule has 2 aromatic heterocycles. The standard InChI is InChI=1S/C28H19NO/c1-3-7-22(8-4-1)29(23-9-5-2-6-10-23)24-14-11-20(12-15-24)21-13-16-25-26(19-21)28-18-17-27(25)30-28/h1-19H. The fraction of sp³-hybridized carbons (Fsp3) is 0. The van der Waals surface area contributed by atoms with Crippen molar-refractivity contribution in [2.75, 3.05) is 4.90 Å². The molecule has 0 fully saturated rings. The van der Waals surface area contributed by atoms with Gasteiger partial charge in [0.25, 0.3) is 0 Å². The Kier molecular flexibility index (Phi) is 3.82. The molecule has 0 spiro atoms. The second kappa shape index (κ2) is 6.78. The lowest BCUT2D eigenvalue weighted by atomic mass is 10.0. The lowest BCUT2D eigenvalue weighted by Gasteiger charge is -2.25. The van der Waals surface area contributed by atoms with Crippen molar-refractivity contribution >= 4 is 39.0 Å². The van der Waals surface area contributed by atoms with Crippen LogP contribution in [0.4, 0.5) is 17.1 Å². The Morgan fingerprint density at radius 1 is 0.433 bits per heavy atom. The predicted molar refractivity (Wildman–Crippen MR) is 125 cm³/mol. The van der Waals surface area contributed by atoms with E-state index in [2.05, 4.69) is 95.9 Å². The van der Waals surface area contributed by atoms with E-state index < -0.39 is 0 Å². The van der Waals surface area contributed by atoms with E-state index in [1.807, 2.05) is 24.3 Å². The van der Waals surface area contributed by atoms with Crippen LogP contribution in [-0.4, -0.2) is 0 Å². The van der Waals surface area contributed by atoms with Gasteiger partial charge in [0.05, 0.1) is 0 Å². The van der Waals surface area contributed by atoms with Gasteiger partial charge in [-0.1, -0.05) is 54.6 Å². The second-order valence-corrected chi connectivity index (χ2v) is 7.48. The second-order valence-electron chi connectivity index (χ2n) is 7.48. The van der Waals surface area contributed by atoms with Crippen LogP contribution in [0.25, 0.3) is 33.1 Å². The van der Waals surface area contributed by atoms with Gasteiger partial charge in [-0.25, -0.2) is 0 Å². The summed E-state index contributed by atoms with van der Waals surface area (Å²) in [5.41, 5.74) is 7.72. The first-order chi connectivity index (χ1) is 14.9. The van der Waals surface area contributed by atoms with Crippen molar-refractivity contribution in [2.45, 2.75) is 0 Å². The lowest BCUT2D eigenvalue weighted by Crippen LogP contribution is -2.09. The van der Waals surface area contributed by atoms with Crippen LogP contribution in [0.1, 0.15) is 0 Å². The summed E-state index contributed by atoms with van der Waals surface area (Å²) < 4.78 is 5.80. The zero-order valence-corrected chi connectivity index (χ0v) is 16.3. The minimum atomic E-state index is 0.956. The first-order valence-electron chi connectivity index (χ1n) is 10.1. The maximum Gasteiger partial charge on any atom is 0.135 e. The monoisotopic (exact) mass is 385 g/mol. The highest BCUT2D eigenvalue weighted by Gasteiger charge is 2.13. The molecule has 0 amide bonds. The van der Waals surface area contributed by atoms with Gasteiger partial charge in [0.1, 0.15) is 11.2 Å². The molecule has 0 saturated carbocycles. The smallest absolute Gasteiger partial charge is 0.135 e. The van der Waals surface area contributed by atoms with E-state index >= 15 is 0 Å². The molecule has 2 heterocycles. The SMILES string of the molecule is c1ccc(N(c2ccccc2)c2ccc(-c3ccc4c5ccc(o5)c4c3)cc2)cc1. The van der Waals surface area contributed by atoms with Crippen LogP contribution in [0.15, 0.2) is 120 Å². The van der Waals surface area contributed by atoms with E-state index in [0.29, 0.717) is 0 Å². The van der Waals surface area contributed by atoms with Gasteiger partial charge in [-0.15, -0.1) is 0 Å². The molecule has 0 aliphatic heterocycles. The van der Waals surface area contributed by atoms with Crippen LogP contribution >= 0.6 is 0 Å². The topological polar surface area (TPSA) is 16.4 Å². The zero-order chi connectivity index (χ0) is 19.9. The highest BCUT2D eigenvalue weighted by atomic mass is 16.3. The molecular weight excluding hydrogens is 366 g/mol. The molecule has 2 nitrogen and oxygen atoms in total. The third-order valence-corrected chi connectivity index (χ3v) is 5.64. The van der Waals surface area contributed by atoms with Crippen LogP contribution in [0.2, 0.25) is 0 Å². The maximum absolute atomic E-state index is 5.80. The van der Waals surface area contributed by atoms with Gasteiger partial charge in [-0.3, -0.25) is 0 Å². The van der Waals surface area contributed by atoms with E-state index in [0.717, 1.165) is 28.2 Å². The van der Waals surface area contributed by atoms with Gasteiger partial charge in [0.15, 0.2) is 0 Å². The van der Waals surface area contributed by atoms with Crippen molar-refractivity contribution in [2.24, 2.45) is 0 Å². The number of benzene rings is 5. The molecule has 0 N–H and O–H groups in total. The molecule has 0 aliphatic carbocycles. The molecule has 2 bridgehead atoms. The summed E-state index contributed by atoms with van der Waals surface area (Å²) in [6.45, 7) is 0. The van der Waals surface area contributed by atoms with Crippen LogP contribution in [0.3, 0.4) is 0 Å². The Bertz CT molecular complexity index is 1380. The first kappa shape index (κ1) is 16.9. The van der Waals surface area contributed by atoms with Crippen molar-refractivity contribution in [3.63, 3.8) is 0 Å². The molecule has 0 unspecified atom stereocenters. The number of nitrogens with zero attached hydrogens (tertiary/aromatic N) is 1. The fourth-order valence-electron chi connectivity index (χ4n) is 4.17. The molecule has 6 aromatic rings. The summed E-state index contributed by atoms with van der Waals surface area (Å²) in [7, 11) is 0. The molecule has 4 aromatic carbocycles. The number of hydrogen-bond acceptors (Lipinski definition) is 2. The summed E-state index contributed by atoms with van der Waals surface area (Å²) in [4.78, 5) is 2.27. The maximum atomic E-state index is 5.80. The van der Waals surface area contributed by atoms with E-state index in [1.165, 1.54) is 21.9 Å². The van der Waals surface area contributed by atoms with Crippen molar-refractivity contribution in [3.05, 3.63) is 115 Å². The minimum Gasteiger partial charge on any atom is -0.456 e. The molecule has 0 radical (unpaired) electrons. The van der Waals surface area contributed by atoms with E-state index in [9.17, 15) is 0 Å². The highest BCUT2D eigenvalue weighted by molar-refractivity contribution is 6.08. The Hall–Kier alpha value is -4.04. The summed E-state index contributed by atoms with van der Waals surface area (Å²) in [6.07, 6.45) is 0. The Morgan fingerprint density at radius 3 is 1.60 bits per heavy atom. The Morgan fingerprint density at radius 2 is 0.967 bits per heavy atom. The third kappa shape index (κ3) is 2.73. The van der Waals surface area contributed by atoms with Gasteiger partial charge in [0, 0.05) is 27.8 Å². The molecule has 0 saturated heterocycles. The number of hydrogen-bond donors (Lipinski definition) is 0. The average molecular weight is 385 g/mol. The van der Waals surface area contributed by atoms with E-state index in [4.69, 9.17) is 4.42 Å². The van der Waals surface area contributed by atoms with Gasteiger partial charge in [0.2, 0.25) is 0 Å². The van der Waals surface area contributed by atoms with Crippen molar-refractivity contribution in [3.8, 4) is 11.1 Å². The number of anilines is 3. The van der Waals surface area contributed by atoms with Crippen molar-refractivity contribution in [1.29, 1.82) is 0 Å². The van der Waals surface area contributed by atoms with E-state index in [-0.39, 0.29) is 0 Å². The third-order valence-electron chi connectivity index (χ3n) is 5.64. The highest BCUT2D eigenvalue weighted by Crippen LogP contribution is 2.37. The van der Waals surface area contributed by atoms with Gasteiger partial charge >= 0.3 is 0 Å². The Labute approximate surface area is 174 Å². The number of fused-ring (bicyclic) bond motifs is 5. The number of para-hydroxylation sites is 2. The largest absolute Gasteiger partial charge is 0.456 e. The Balaban J connectivity index is 1.41.